The molecule has 0 spiro atoms. The van der Waals surface area contributed by atoms with E-state index in [9.17, 15) is 19.8 Å². The second-order valence-corrected chi connectivity index (χ2v) is 24.2. The number of carbonyl (C=O) groups is 2. The Hall–Kier alpha value is -1.40. The summed E-state index contributed by atoms with van der Waals surface area (Å²) in [5.41, 5.74) is 0. The van der Waals surface area contributed by atoms with Crippen LogP contribution in [0.1, 0.15) is 399 Å². The van der Waals surface area contributed by atoms with Crippen LogP contribution in [0, 0.1) is 0 Å². The molecular weight excluding hydrogens is 935 g/mol. The van der Waals surface area contributed by atoms with Gasteiger partial charge in [-0.05, 0) is 51.4 Å². The fourth-order valence-corrected chi connectivity index (χ4v) is 11.2. The third kappa shape index (κ3) is 61.8. The first kappa shape index (κ1) is 74.6. The Bertz CT molecular complexity index is 1140. The lowest BCUT2D eigenvalue weighted by atomic mass is 10.0. The summed E-state index contributed by atoms with van der Waals surface area (Å²) in [6.45, 7) is 4.99. The van der Waals surface area contributed by atoms with Crippen molar-refractivity contribution in [3.8, 4) is 0 Å². The first-order valence-electron chi connectivity index (χ1n) is 34.9. The normalized spacial score (nSPS) is 12.5. The van der Waals surface area contributed by atoms with Crippen LogP contribution in [0.2, 0.25) is 0 Å². The number of aliphatic hydroxyl groups is 2. The van der Waals surface area contributed by atoms with E-state index < -0.39 is 12.1 Å². The molecule has 0 aromatic heterocycles. The van der Waals surface area contributed by atoms with Gasteiger partial charge in [0.05, 0.1) is 25.4 Å². The van der Waals surface area contributed by atoms with Crippen LogP contribution in [0.15, 0.2) is 12.2 Å². The number of esters is 1. The van der Waals surface area contributed by atoms with Gasteiger partial charge >= 0.3 is 5.97 Å². The van der Waals surface area contributed by atoms with Crippen molar-refractivity contribution in [2.45, 2.75) is 411 Å². The molecule has 1 amide bonds. The van der Waals surface area contributed by atoms with Crippen LogP contribution in [0.5, 0.6) is 0 Å². The highest BCUT2D eigenvalue weighted by atomic mass is 16.5. The molecule has 0 saturated heterocycles. The molecule has 6 nitrogen and oxygen atoms in total. The Morgan fingerprint density at radius 3 is 0.934 bits per heavy atom. The van der Waals surface area contributed by atoms with E-state index in [1.165, 1.54) is 327 Å². The van der Waals surface area contributed by atoms with Crippen molar-refractivity contribution in [2.24, 2.45) is 0 Å². The molecule has 0 bridgehead atoms. The maximum absolute atomic E-state index is 12.5. The standard InChI is InChI=1S/C70H137NO5/c1-3-5-7-9-11-13-15-17-19-21-23-27-30-34-38-42-46-50-54-58-62-68(73)67(66-72)71-69(74)63-59-55-51-47-43-39-35-31-28-24-25-29-33-37-41-45-49-53-57-61-65-76-70(75)64-60-56-52-48-44-40-36-32-26-22-20-18-16-14-12-10-8-6-4-2/h24,28,67-68,72-73H,3-23,25-27,29-66H2,1-2H3,(H,71,74)/b28-24-. The van der Waals surface area contributed by atoms with Gasteiger partial charge in [-0.3, -0.25) is 9.59 Å². The first-order chi connectivity index (χ1) is 37.5. The van der Waals surface area contributed by atoms with Gasteiger partial charge in [0.1, 0.15) is 0 Å². The molecule has 3 N–H and O–H groups in total. The van der Waals surface area contributed by atoms with Crippen molar-refractivity contribution in [2.75, 3.05) is 13.2 Å². The van der Waals surface area contributed by atoms with Crippen molar-refractivity contribution in [1.29, 1.82) is 0 Å². The highest BCUT2D eigenvalue weighted by Gasteiger charge is 2.20. The van der Waals surface area contributed by atoms with Crippen molar-refractivity contribution in [1.82, 2.24) is 5.32 Å². The van der Waals surface area contributed by atoms with Gasteiger partial charge in [-0.2, -0.15) is 0 Å². The van der Waals surface area contributed by atoms with E-state index in [2.05, 4.69) is 31.3 Å². The molecule has 0 radical (unpaired) electrons. The summed E-state index contributed by atoms with van der Waals surface area (Å²) in [6, 6.07) is -0.548. The van der Waals surface area contributed by atoms with E-state index in [1.54, 1.807) is 0 Å². The third-order valence-electron chi connectivity index (χ3n) is 16.6. The predicted molar refractivity (Wildman–Crippen MR) is 333 cm³/mol. The summed E-state index contributed by atoms with van der Waals surface area (Å²) < 4.78 is 5.51. The zero-order chi connectivity index (χ0) is 55.0. The van der Waals surface area contributed by atoms with Crippen molar-refractivity contribution >= 4 is 11.9 Å². The van der Waals surface area contributed by atoms with Gasteiger partial charge in [-0.15, -0.1) is 0 Å². The summed E-state index contributed by atoms with van der Waals surface area (Å²) in [4.78, 5) is 24.6. The van der Waals surface area contributed by atoms with E-state index in [0.29, 0.717) is 25.9 Å². The zero-order valence-electron chi connectivity index (χ0n) is 51.8. The number of hydrogen-bond donors (Lipinski definition) is 3. The average molecular weight is 1070 g/mol. The molecule has 0 aliphatic heterocycles. The second kappa shape index (κ2) is 66.1. The molecule has 0 aromatic rings. The average Bonchev–Trinajstić information content (AvgIpc) is 3.42. The quantitative estimate of drug-likeness (QED) is 0.0320. The van der Waals surface area contributed by atoms with Gasteiger partial charge in [-0.25, -0.2) is 0 Å². The summed E-state index contributed by atoms with van der Waals surface area (Å²) in [6.07, 6.45) is 81.0. The Morgan fingerprint density at radius 2 is 0.618 bits per heavy atom. The van der Waals surface area contributed by atoms with Crippen molar-refractivity contribution in [3.63, 3.8) is 0 Å². The number of hydrogen-bond acceptors (Lipinski definition) is 5. The summed E-state index contributed by atoms with van der Waals surface area (Å²) >= 11 is 0. The van der Waals surface area contributed by atoms with E-state index in [-0.39, 0.29) is 18.5 Å². The number of rotatable bonds is 66. The molecule has 0 aliphatic carbocycles. The fraction of sp³-hybridized carbons (Fsp3) is 0.943. The largest absolute Gasteiger partial charge is 0.466 e. The van der Waals surface area contributed by atoms with Gasteiger partial charge in [0.25, 0.3) is 0 Å². The molecule has 2 unspecified atom stereocenters. The maximum Gasteiger partial charge on any atom is 0.305 e. The lowest BCUT2D eigenvalue weighted by molar-refractivity contribution is -0.143. The molecule has 0 aliphatic rings. The van der Waals surface area contributed by atoms with E-state index in [4.69, 9.17) is 4.74 Å². The lowest BCUT2D eigenvalue weighted by Gasteiger charge is -2.22. The van der Waals surface area contributed by atoms with Crippen LogP contribution in [-0.2, 0) is 14.3 Å². The van der Waals surface area contributed by atoms with Gasteiger partial charge < -0.3 is 20.3 Å². The van der Waals surface area contributed by atoms with Crippen LogP contribution < -0.4 is 5.32 Å². The molecule has 0 saturated carbocycles. The Kier molecular flexibility index (Phi) is 64.9. The predicted octanol–water partition coefficient (Wildman–Crippen LogP) is 22.4. The van der Waals surface area contributed by atoms with Gasteiger partial charge in [0.15, 0.2) is 0 Å². The molecule has 0 aromatic carbocycles. The Labute approximate surface area is 476 Å². The van der Waals surface area contributed by atoms with Crippen LogP contribution in [0.4, 0.5) is 0 Å². The maximum atomic E-state index is 12.5. The monoisotopic (exact) mass is 1070 g/mol. The molecule has 2 atom stereocenters. The second-order valence-electron chi connectivity index (χ2n) is 24.2. The van der Waals surface area contributed by atoms with E-state index in [1.807, 2.05) is 0 Å². The van der Waals surface area contributed by atoms with E-state index >= 15 is 0 Å². The van der Waals surface area contributed by atoms with Crippen molar-refractivity contribution in [3.05, 3.63) is 12.2 Å². The number of unbranched alkanes of at least 4 members (excludes halogenated alkanes) is 53. The topological polar surface area (TPSA) is 95.9 Å². The fourth-order valence-electron chi connectivity index (χ4n) is 11.2. The minimum absolute atomic E-state index is 0.0123. The van der Waals surface area contributed by atoms with Gasteiger partial charge in [0.2, 0.25) is 5.91 Å². The van der Waals surface area contributed by atoms with Crippen LogP contribution in [0.3, 0.4) is 0 Å². The third-order valence-corrected chi connectivity index (χ3v) is 16.6. The minimum atomic E-state index is -0.670. The highest BCUT2D eigenvalue weighted by molar-refractivity contribution is 5.76. The Morgan fingerprint density at radius 1 is 0.355 bits per heavy atom. The molecule has 0 fully saturated rings. The molecule has 0 rings (SSSR count). The SMILES string of the molecule is CCCCCCCCCCCCCCCCCCCCCCC(O)C(CO)NC(=O)CCCCCCCCC/C=C\CCCCCCCCCCCOC(=O)CCCCCCCCCCCCCCCCCCCCC. The van der Waals surface area contributed by atoms with Crippen molar-refractivity contribution < 1.29 is 24.5 Å². The summed E-state index contributed by atoms with van der Waals surface area (Å²) in [7, 11) is 0. The van der Waals surface area contributed by atoms with Crippen LogP contribution >= 0.6 is 0 Å². The van der Waals surface area contributed by atoms with Crippen LogP contribution in [0.25, 0.3) is 0 Å². The minimum Gasteiger partial charge on any atom is -0.466 e. The molecule has 0 heterocycles. The summed E-state index contributed by atoms with van der Waals surface area (Å²) in [5, 5.41) is 23.4. The molecule has 76 heavy (non-hydrogen) atoms. The summed E-state index contributed by atoms with van der Waals surface area (Å²) in [5.74, 6) is -0.0268. The number of aliphatic hydroxyl groups excluding tert-OH is 2. The lowest BCUT2D eigenvalue weighted by Crippen LogP contribution is -2.45. The number of nitrogens with one attached hydrogen (secondary N) is 1. The number of ether oxygens (including phenoxy) is 1. The molecule has 6 heteroatoms. The van der Waals surface area contributed by atoms with Gasteiger partial charge in [-0.1, -0.05) is 347 Å². The number of carbonyl (C=O) groups excluding carboxylic acids is 2. The zero-order valence-corrected chi connectivity index (χ0v) is 51.8. The highest BCUT2D eigenvalue weighted by Crippen LogP contribution is 2.19. The first-order valence-corrected chi connectivity index (χ1v) is 34.9. The number of allylic oxidation sites excluding steroid dienone is 2. The van der Waals surface area contributed by atoms with Gasteiger partial charge in [0, 0.05) is 12.8 Å². The van der Waals surface area contributed by atoms with Crippen LogP contribution in [-0.4, -0.2) is 47.4 Å². The smallest absolute Gasteiger partial charge is 0.305 e. The molecular formula is C70H137NO5. The number of amides is 1. The Balaban J connectivity index is 3.40. The van der Waals surface area contributed by atoms with E-state index in [0.717, 1.165) is 38.5 Å². The molecule has 452 valence electrons.